The maximum absolute atomic E-state index is 13.0. The lowest BCUT2D eigenvalue weighted by Gasteiger charge is -2.30. The van der Waals surface area contributed by atoms with Gasteiger partial charge in [-0.15, -0.1) is 0 Å². The zero-order valence-electron chi connectivity index (χ0n) is 15.6. The summed E-state index contributed by atoms with van der Waals surface area (Å²) in [7, 11) is 0. The lowest BCUT2D eigenvalue weighted by atomic mass is 9.94. The summed E-state index contributed by atoms with van der Waals surface area (Å²) in [5, 5.41) is 14.9. The van der Waals surface area contributed by atoms with Gasteiger partial charge < -0.3 is 14.8 Å². The molecule has 8 nitrogen and oxygen atoms in total. The predicted octanol–water partition coefficient (Wildman–Crippen LogP) is 2.70. The molecule has 1 N–H and O–H groups in total. The molecule has 0 aliphatic carbocycles. The Morgan fingerprint density at radius 3 is 2.73 bits per heavy atom. The van der Waals surface area contributed by atoms with Gasteiger partial charge in [-0.25, -0.2) is 4.79 Å². The largest absolute Gasteiger partial charge is 0.494 e. The summed E-state index contributed by atoms with van der Waals surface area (Å²) >= 11 is 0. The first-order chi connectivity index (χ1) is 12.3. The van der Waals surface area contributed by atoms with Crippen molar-refractivity contribution in [3.8, 4) is 5.75 Å². The molecule has 0 amide bonds. The highest BCUT2D eigenvalue weighted by Crippen LogP contribution is 2.39. The van der Waals surface area contributed by atoms with E-state index in [9.17, 15) is 4.79 Å². The number of anilines is 1. The van der Waals surface area contributed by atoms with Crippen molar-refractivity contribution >= 4 is 11.9 Å². The molecule has 0 bridgehead atoms. The van der Waals surface area contributed by atoms with E-state index in [-0.39, 0.29) is 0 Å². The first-order valence-electron chi connectivity index (χ1n) is 8.52. The molecule has 1 aromatic carbocycles. The molecule has 138 valence electrons. The minimum Gasteiger partial charge on any atom is -0.494 e. The second kappa shape index (κ2) is 6.78. The first-order valence-corrected chi connectivity index (χ1v) is 8.52. The highest BCUT2D eigenvalue weighted by atomic mass is 16.6. The lowest BCUT2D eigenvalue weighted by molar-refractivity contribution is -0.150. The summed E-state index contributed by atoms with van der Waals surface area (Å²) in [6, 6.07) is 7.02. The highest BCUT2D eigenvalue weighted by Gasteiger charge is 2.37. The number of aromatic nitrogens is 4. The fourth-order valence-electron chi connectivity index (χ4n) is 2.89. The molecule has 0 fully saturated rings. The molecule has 0 saturated heterocycles. The minimum absolute atomic E-state index is 0.417. The number of nitrogens with zero attached hydrogens (tertiary/aromatic N) is 4. The Bertz CT molecular complexity index is 851. The van der Waals surface area contributed by atoms with E-state index in [0.29, 0.717) is 29.6 Å². The number of carbonyl (C=O) groups is 1. The minimum atomic E-state index is -0.616. The number of fused-ring (bicyclic) bond motifs is 1. The SMILES string of the molecule is CCOc1ccccc1[C@H]1C(C(=O)OC(C)(C)C)=C(C)Nc2nnnn21. The predicted molar refractivity (Wildman–Crippen MR) is 95.7 cm³/mol. The Morgan fingerprint density at radius 1 is 1.31 bits per heavy atom. The first kappa shape index (κ1) is 17.9. The molecule has 26 heavy (non-hydrogen) atoms. The standard InChI is InChI=1S/C18H23N5O3/c1-6-25-13-10-8-7-9-12(13)15-14(16(24)26-18(3,4)5)11(2)19-17-20-21-22-23(15)17/h7-10,15H,6H2,1-5H3,(H,19,20,22)/t15-/m0/s1. The van der Waals surface area contributed by atoms with E-state index < -0.39 is 17.6 Å². The number of tetrazole rings is 1. The number of nitrogens with one attached hydrogen (secondary N) is 1. The van der Waals surface area contributed by atoms with Crippen LogP contribution in [0.25, 0.3) is 0 Å². The molecule has 1 aromatic heterocycles. The molecule has 1 aliphatic heterocycles. The molecular formula is C18H23N5O3. The Morgan fingerprint density at radius 2 is 2.04 bits per heavy atom. The molecule has 2 heterocycles. The summed E-state index contributed by atoms with van der Waals surface area (Å²) in [5.74, 6) is 0.725. The number of ether oxygens (including phenoxy) is 2. The quantitative estimate of drug-likeness (QED) is 0.841. The van der Waals surface area contributed by atoms with Gasteiger partial charge >= 0.3 is 5.97 Å². The van der Waals surface area contributed by atoms with Crippen LogP contribution in [-0.4, -0.2) is 38.4 Å². The van der Waals surface area contributed by atoms with Crippen LogP contribution in [0.2, 0.25) is 0 Å². The summed E-state index contributed by atoms with van der Waals surface area (Å²) in [6.45, 7) is 9.74. The molecular weight excluding hydrogens is 334 g/mol. The van der Waals surface area contributed by atoms with E-state index in [0.717, 1.165) is 5.56 Å². The third-order valence-corrected chi connectivity index (χ3v) is 3.85. The van der Waals surface area contributed by atoms with Crippen LogP contribution in [0.5, 0.6) is 5.75 Å². The van der Waals surface area contributed by atoms with Crippen LogP contribution in [0.1, 0.15) is 46.2 Å². The van der Waals surface area contributed by atoms with Crippen molar-refractivity contribution in [3.63, 3.8) is 0 Å². The Hall–Kier alpha value is -2.90. The van der Waals surface area contributed by atoms with Crippen LogP contribution in [0.3, 0.4) is 0 Å². The number of benzene rings is 1. The van der Waals surface area contributed by atoms with Gasteiger partial charge in [0.2, 0.25) is 5.95 Å². The van der Waals surface area contributed by atoms with Crippen LogP contribution >= 0.6 is 0 Å². The van der Waals surface area contributed by atoms with E-state index in [1.807, 2.05) is 58.9 Å². The van der Waals surface area contributed by atoms with Crippen LogP contribution in [0.4, 0.5) is 5.95 Å². The van der Waals surface area contributed by atoms with Crippen molar-refractivity contribution < 1.29 is 14.3 Å². The second-order valence-corrected chi connectivity index (χ2v) is 6.99. The number of esters is 1. The molecule has 1 aliphatic rings. The number of hydrogen-bond donors (Lipinski definition) is 1. The van der Waals surface area contributed by atoms with Crippen molar-refractivity contribution in [1.82, 2.24) is 20.2 Å². The molecule has 0 saturated carbocycles. The van der Waals surface area contributed by atoms with Gasteiger partial charge in [0.15, 0.2) is 0 Å². The molecule has 0 unspecified atom stereocenters. The van der Waals surface area contributed by atoms with Crippen LogP contribution in [-0.2, 0) is 9.53 Å². The Kier molecular flexibility index (Phi) is 4.67. The number of allylic oxidation sites excluding steroid dienone is 1. The number of hydrogen-bond acceptors (Lipinski definition) is 7. The maximum atomic E-state index is 13.0. The zero-order chi connectivity index (χ0) is 18.9. The Labute approximate surface area is 152 Å². The molecule has 0 spiro atoms. The molecule has 0 radical (unpaired) electrons. The second-order valence-electron chi connectivity index (χ2n) is 6.99. The number of rotatable bonds is 4. The van der Waals surface area contributed by atoms with Gasteiger partial charge in [0.1, 0.15) is 17.4 Å². The van der Waals surface area contributed by atoms with E-state index in [1.54, 1.807) is 4.68 Å². The molecule has 1 atom stereocenters. The molecule has 8 heteroatoms. The van der Waals surface area contributed by atoms with Gasteiger partial charge in [0, 0.05) is 11.3 Å². The lowest BCUT2D eigenvalue weighted by Crippen LogP contribution is -2.33. The van der Waals surface area contributed by atoms with Crippen LogP contribution < -0.4 is 10.1 Å². The maximum Gasteiger partial charge on any atom is 0.338 e. The third-order valence-electron chi connectivity index (χ3n) is 3.85. The fraction of sp³-hybridized carbons (Fsp3) is 0.444. The van der Waals surface area contributed by atoms with E-state index >= 15 is 0 Å². The van der Waals surface area contributed by atoms with E-state index in [4.69, 9.17) is 9.47 Å². The average molecular weight is 357 g/mol. The third kappa shape index (κ3) is 3.40. The van der Waals surface area contributed by atoms with Gasteiger partial charge in [-0.05, 0) is 51.1 Å². The van der Waals surface area contributed by atoms with Crippen molar-refractivity contribution in [1.29, 1.82) is 0 Å². The van der Waals surface area contributed by atoms with Crippen molar-refractivity contribution in [2.24, 2.45) is 0 Å². The van der Waals surface area contributed by atoms with Gasteiger partial charge in [0.05, 0.1) is 12.2 Å². The summed E-state index contributed by atoms with van der Waals surface area (Å²) in [5.41, 5.74) is 1.28. The van der Waals surface area contributed by atoms with Gasteiger partial charge in [-0.1, -0.05) is 23.3 Å². The summed E-state index contributed by atoms with van der Waals surface area (Å²) < 4.78 is 13.0. The monoisotopic (exact) mass is 357 g/mol. The molecule has 3 rings (SSSR count). The number of para-hydroxylation sites is 1. The normalized spacial score (nSPS) is 16.7. The van der Waals surface area contributed by atoms with Gasteiger partial charge in [-0.2, -0.15) is 4.68 Å². The smallest absolute Gasteiger partial charge is 0.338 e. The highest BCUT2D eigenvalue weighted by molar-refractivity contribution is 5.92. The van der Waals surface area contributed by atoms with Crippen molar-refractivity contribution in [2.75, 3.05) is 11.9 Å². The van der Waals surface area contributed by atoms with Gasteiger partial charge in [-0.3, -0.25) is 0 Å². The zero-order valence-corrected chi connectivity index (χ0v) is 15.6. The van der Waals surface area contributed by atoms with Crippen molar-refractivity contribution in [3.05, 3.63) is 41.1 Å². The summed E-state index contributed by atoms with van der Waals surface area (Å²) in [4.78, 5) is 13.0. The van der Waals surface area contributed by atoms with Crippen molar-refractivity contribution in [2.45, 2.75) is 46.3 Å². The van der Waals surface area contributed by atoms with E-state index in [2.05, 4.69) is 20.8 Å². The van der Waals surface area contributed by atoms with Crippen LogP contribution in [0.15, 0.2) is 35.5 Å². The van der Waals surface area contributed by atoms with Crippen LogP contribution in [0, 0.1) is 0 Å². The fourth-order valence-corrected chi connectivity index (χ4v) is 2.89. The summed E-state index contributed by atoms with van der Waals surface area (Å²) in [6.07, 6.45) is 0. The molecule has 2 aromatic rings. The Balaban J connectivity index is 2.14. The van der Waals surface area contributed by atoms with Gasteiger partial charge in [0.25, 0.3) is 0 Å². The van der Waals surface area contributed by atoms with E-state index in [1.165, 1.54) is 0 Å². The average Bonchev–Trinajstić information content (AvgIpc) is 3.00. The topological polar surface area (TPSA) is 91.2 Å². The number of carbonyl (C=O) groups excluding carboxylic acids is 1.